The van der Waals surface area contributed by atoms with Crippen LogP contribution in [0.15, 0.2) is 66.2 Å². The normalized spacial score (nSPS) is 14.3. The average Bonchev–Trinajstić information content (AvgIpc) is 2.87. The molecule has 198 valence electrons. The quantitative estimate of drug-likeness (QED) is 0.178. The van der Waals surface area contributed by atoms with Crippen LogP contribution in [0.4, 0.5) is 21.9 Å². The molecule has 0 aromatic heterocycles. The molecule has 1 aliphatic rings. The maximum atomic E-state index is 13.1. The first-order valence-corrected chi connectivity index (χ1v) is 11.9. The molecule has 5 amide bonds. The third-order valence-corrected chi connectivity index (χ3v) is 6.06. The SMILES string of the molecule is Cc1ccccc1NC(=O)COc1c(Cl)cc(/C=C2/C(=O)NC(=O)N(c3cccc([N+](=O)[O-])c3)C2=O)cc1Cl. The van der Waals surface area contributed by atoms with E-state index < -0.39 is 40.9 Å². The second-order valence-electron chi connectivity index (χ2n) is 8.20. The number of ether oxygens (including phenoxy) is 1. The van der Waals surface area contributed by atoms with E-state index in [-0.39, 0.29) is 32.7 Å². The fourth-order valence-electron chi connectivity index (χ4n) is 3.64. The number of nitro benzene ring substituents is 1. The third kappa shape index (κ3) is 6.06. The summed E-state index contributed by atoms with van der Waals surface area (Å²) in [6.45, 7) is 1.45. The van der Waals surface area contributed by atoms with Gasteiger partial charge < -0.3 is 10.1 Å². The molecule has 0 unspecified atom stereocenters. The number of nitrogens with zero attached hydrogens (tertiary/aromatic N) is 2. The van der Waals surface area contributed by atoms with Crippen LogP contribution >= 0.6 is 23.2 Å². The zero-order valence-corrected chi connectivity index (χ0v) is 21.6. The molecule has 3 aromatic carbocycles. The number of amides is 5. The van der Waals surface area contributed by atoms with Gasteiger partial charge in [0.05, 0.1) is 20.7 Å². The predicted octanol–water partition coefficient (Wildman–Crippen LogP) is 4.89. The number of anilines is 2. The molecular formula is C26H18Cl2N4O7. The lowest BCUT2D eigenvalue weighted by atomic mass is 10.1. The van der Waals surface area contributed by atoms with Gasteiger partial charge in [0.25, 0.3) is 23.4 Å². The molecule has 39 heavy (non-hydrogen) atoms. The van der Waals surface area contributed by atoms with Crippen molar-refractivity contribution in [3.8, 4) is 5.75 Å². The van der Waals surface area contributed by atoms with Gasteiger partial charge in [0.1, 0.15) is 5.57 Å². The predicted molar refractivity (Wildman–Crippen MR) is 144 cm³/mol. The Morgan fingerprint density at radius 2 is 1.77 bits per heavy atom. The minimum Gasteiger partial charge on any atom is -0.481 e. The molecular weight excluding hydrogens is 551 g/mol. The Bertz CT molecular complexity index is 1550. The summed E-state index contributed by atoms with van der Waals surface area (Å²) in [5.74, 6) is -2.43. The first kappa shape index (κ1) is 27.3. The number of nitrogens with one attached hydrogen (secondary N) is 2. The van der Waals surface area contributed by atoms with Crippen LogP contribution in [0.2, 0.25) is 10.0 Å². The Morgan fingerprint density at radius 3 is 2.44 bits per heavy atom. The lowest BCUT2D eigenvalue weighted by Gasteiger charge is -2.26. The zero-order valence-electron chi connectivity index (χ0n) is 20.1. The summed E-state index contributed by atoms with van der Waals surface area (Å²) in [7, 11) is 0. The molecule has 0 spiro atoms. The van der Waals surface area contributed by atoms with E-state index in [0.717, 1.165) is 17.7 Å². The Hall–Kier alpha value is -4.74. The molecule has 13 heteroatoms. The largest absolute Gasteiger partial charge is 0.481 e. The number of para-hydroxylation sites is 1. The number of halogens is 2. The Morgan fingerprint density at radius 1 is 1.08 bits per heavy atom. The fourth-order valence-corrected chi connectivity index (χ4v) is 4.26. The number of carbonyl (C=O) groups is 4. The van der Waals surface area contributed by atoms with Crippen LogP contribution in [0, 0.1) is 17.0 Å². The van der Waals surface area contributed by atoms with Crippen LogP contribution in [0.1, 0.15) is 11.1 Å². The fraction of sp³-hybridized carbons (Fsp3) is 0.0769. The Labute approximate surface area is 231 Å². The molecule has 3 aromatic rings. The van der Waals surface area contributed by atoms with Crippen LogP contribution < -0.4 is 20.3 Å². The summed E-state index contributed by atoms with van der Waals surface area (Å²) in [4.78, 5) is 61.3. The summed E-state index contributed by atoms with van der Waals surface area (Å²) < 4.78 is 5.50. The molecule has 0 atom stereocenters. The minimum atomic E-state index is -1.06. The van der Waals surface area contributed by atoms with Gasteiger partial charge in [0.15, 0.2) is 12.4 Å². The molecule has 0 radical (unpaired) electrons. The van der Waals surface area contributed by atoms with E-state index in [0.29, 0.717) is 10.6 Å². The minimum absolute atomic E-state index is 0.00618. The van der Waals surface area contributed by atoms with E-state index in [2.05, 4.69) is 5.32 Å². The maximum absolute atomic E-state index is 13.1. The van der Waals surface area contributed by atoms with Crippen LogP contribution in [0.5, 0.6) is 5.75 Å². The average molecular weight is 569 g/mol. The van der Waals surface area contributed by atoms with Gasteiger partial charge in [-0.05, 0) is 48.4 Å². The smallest absolute Gasteiger partial charge is 0.335 e. The molecule has 2 N–H and O–H groups in total. The number of nitro groups is 1. The number of urea groups is 1. The highest BCUT2D eigenvalue weighted by Crippen LogP contribution is 2.35. The van der Waals surface area contributed by atoms with E-state index in [9.17, 15) is 29.3 Å². The van der Waals surface area contributed by atoms with Crippen molar-refractivity contribution >= 4 is 70.1 Å². The number of non-ortho nitro benzene ring substituents is 1. The van der Waals surface area contributed by atoms with Gasteiger partial charge in [0, 0.05) is 17.8 Å². The van der Waals surface area contributed by atoms with Crippen molar-refractivity contribution in [1.82, 2.24) is 5.32 Å². The van der Waals surface area contributed by atoms with Crippen LogP contribution in [-0.2, 0) is 14.4 Å². The molecule has 1 aliphatic heterocycles. The van der Waals surface area contributed by atoms with Crippen molar-refractivity contribution in [2.45, 2.75) is 6.92 Å². The highest BCUT2D eigenvalue weighted by molar-refractivity contribution is 6.40. The second-order valence-corrected chi connectivity index (χ2v) is 9.01. The topological polar surface area (TPSA) is 148 Å². The lowest BCUT2D eigenvalue weighted by Crippen LogP contribution is -2.54. The van der Waals surface area contributed by atoms with Crippen molar-refractivity contribution < 1.29 is 28.8 Å². The zero-order chi connectivity index (χ0) is 28.3. The maximum Gasteiger partial charge on any atom is 0.335 e. The summed E-state index contributed by atoms with van der Waals surface area (Å²) >= 11 is 12.6. The number of aryl methyl sites for hydroxylation is 1. The number of benzene rings is 3. The number of hydrogen-bond donors (Lipinski definition) is 2. The summed E-state index contributed by atoms with van der Waals surface area (Å²) in [5, 5.41) is 15.8. The summed E-state index contributed by atoms with van der Waals surface area (Å²) in [5.41, 5.74) is 0.809. The highest BCUT2D eigenvalue weighted by atomic mass is 35.5. The molecule has 0 saturated carbocycles. The van der Waals surface area contributed by atoms with Crippen LogP contribution in [-0.4, -0.2) is 35.3 Å². The van der Waals surface area contributed by atoms with Gasteiger partial charge in [-0.3, -0.25) is 29.8 Å². The van der Waals surface area contributed by atoms with Crippen molar-refractivity contribution in [3.05, 3.63) is 97.5 Å². The van der Waals surface area contributed by atoms with Gasteiger partial charge >= 0.3 is 6.03 Å². The molecule has 0 aliphatic carbocycles. The van der Waals surface area contributed by atoms with E-state index in [1.165, 1.54) is 30.3 Å². The Balaban J connectivity index is 1.55. The first-order valence-electron chi connectivity index (χ1n) is 11.2. The first-order chi connectivity index (χ1) is 18.5. The van der Waals surface area contributed by atoms with Gasteiger partial charge in [-0.15, -0.1) is 0 Å². The van der Waals surface area contributed by atoms with Gasteiger partial charge in [-0.1, -0.05) is 47.5 Å². The van der Waals surface area contributed by atoms with Gasteiger partial charge in [-0.25, -0.2) is 9.69 Å². The summed E-state index contributed by atoms with van der Waals surface area (Å²) in [6, 6.07) is 13.7. The molecule has 4 rings (SSSR count). The number of carbonyl (C=O) groups excluding carboxylic acids is 4. The van der Waals surface area contributed by atoms with Gasteiger partial charge in [-0.2, -0.15) is 0 Å². The number of barbiturate groups is 1. The van der Waals surface area contributed by atoms with E-state index >= 15 is 0 Å². The van der Waals surface area contributed by atoms with Crippen molar-refractivity contribution in [3.63, 3.8) is 0 Å². The monoisotopic (exact) mass is 568 g/mol. The summed E-state index contributed by atoms with van der Waals surface area (Å²) in [6.07, 6.45) is 1.15. The van der Waals surface area contributed by atoms with Crippen molar-refractivity contribution in [2.75, 3.05) is 16.8 Å². The molecule has 1 heterocycles. The third-order valence-electron chi connectivity index (χ3n) is 5.50. The molecule has 1 fully saturated rings. The molecule has 11 nitrogen and oxygen atoms in total. The lowest BCUT2D eigenvalue weighted by molar-refractivity contribution is -0.384. The number of imide groups is 2. The molecule has 0 bridgehead atoms. The van der Waals surface area contributed by atoms with Crippen LogP contribution in [0.3, 0.4) is 0 Å². The second kappa shape index (κ2) is 11.3. The van der Waals surface area contributed by atoms with E-state index in [4.69, 9.17) is 27.9 Å². The Kier molecular flexibility index (Phi) is 7.93. The molecule has 1 saturated heterocycles. The van der Waals surface area contributed by atoms with Crippen LogP contribution in [0.25, 0.3) is 6.08 Å². The van der Waals surface area contributed by atoms with E-state index in [1.807, 2.05) is 24.4 Å². The van der Waals surface area contributed by atoms with E-state index in [1.54, 1.807) is 12.1 Å². The number of rotatable bonds is 7. The highest BCUT2D eigenvalue weighted by Gasteiger charge is 2.37. The van der Waals surface area contributed by atoms with Crippen molar-refractivity contribution in [2.24, 2.45) is 0 Å². The standard InChI is InChI=1S/C26H18Cl2N4O7/c1-14-5-2-3-8-21(14)29-22(33)13-39-23-19(27)10-15(11-20(23)28)9-18-24(34)30-26(36)31(25(18)35)16-6-4-7-17(12-16)32(37)38/h2-12H,13H2,1H3,(H,29,33)(H,30,34,36)/b18-9-. The number of hydrogen-bond acceptors (Lipinski definition) is 7. The van der Waals surface area contributed by atoms with Gasteiger partial charge in [0.2, 0.25) is 0 Å². The van der Waals surface area contributed by atoms with Crippen molar-refractivity contribution in [1.29, 1.82) is 0 Å².